The van der Waals surface area contributed by atoms with E-state index < -0.39 is 0 Å². The van der Waals surface area contributed by atoms with E-state index in [2.05, 4.69) is 17.1 Å². The van der Waals surface area contributed by atoms with Crippen LogP contribution in [-0.4, -0.2) is 10.1 Å². The van der Waals surface area contributed by atoms with Crippen LogP contribution in [0.5, 0.6) is 0 Å². The Morgan fingerprint density at radius 3 is 2.89 bits per heavy atom. The van der Waals surface area contributed by atoms with Crippen LogP contribution in [0.2, 0.25) is 0 Å². The summed E-state index contributed by atoms with van der Waals surface area (Å²) in [5.74, 6) is 3.47. The molecule has 0 saturated heterocycles. The van der Waals surface area contributed by atoms with Gasteiger partial charge in [0.15, 0.2) is 5.82 Å². The molecule has 0 aromatic carbocycles. The van der Waals surface area contributed by atoms with E-state index in [-0.39, 0.29) is 6.04 Å². The molecule has 100 valence electrons. The molecule has 2 fully saturated rings. The Morgan fingerprint density at radius 2 is 2.17 bits per heavy atom. The largest absolute Gasteiger partial charge is 0.338 e. The molecule has 1 heterocycles. The summed E-state index contributed by atoms with van der Waals surface area (Å²) in [6, 6.07) is -0.0307. The number of nitrogens with zero attached hydrogens (tertiary/aromatic N) is 2. The van der Waals surface area contributed by atoms with Crippen LogP contribution >= 0.6 is 0 Å². The summed E-state index contributed by atoms with van der Waals surface area (Å²) in [5.41, 5.74) is 6.10. The Kier molecular flexibility index (Phi) is 3.37. The summed E-state index contributed by atoms with van der Waals surface area (Å²) in [7, 11) is 0. The van der Waals surface area contributed by atoms with Crippen LogP contribution in [0.3, 0.4) is 0 Å². The van der Waals surface area contributed by atoms with Crippen molar-refractivity contribution in [1.82, 2.24) is 10.1 Å². The molecule has 18 heavy (non-hydrogen) atoms. The van der Waals surface area contributed by atoms with Crippen LogP contribution in [0.15, 0.2) is 4.52 Å². The third-order valence-corrected chi connectivity index (χ3v) is 4.60. The maximum absolute atomic E-state index is 6.10. The number of hydrogen-bond donors (Lipinski definition) is 1. The van der Waals surface area contributed by atoms with Crippen LogP contribution in [0.25, 0.3) is 0 Å². The third kappa shape index (κ3) is 2.44. The lowest BCUT2D eigenvalue weighted by Crippen LogP contribution is -2.16. The fourth-order valence-corrected chi connectivity index (χ4v) is 3.10. The Morgan fingerprint density at radius 1 is 1.33 bits per heavy atom. The summed E-state index contributed by atoms with van der Waals surface area (Å²) >= 11 is 0. The van der Waals surface area contributed by atoms with Crippen LogP contribution < -0.4 is 5.73 Å². The van der Waals surface area contributed by atoms with Crippen molar-refractivity contribution in [1.29, 1.82) is 0 Å². The normalized spacial score (nSPS) is 30.3. The molecule has 3 atom stereocenters. The van der Waals surface area contributed by atoms with Crippen molar-refractivity contribution in [2.75, 3.05) is 0 Å². The second-order valence-corrected chi connectivity index (χ2v) is 5.99. The van der Waals surface area contributed by atoms with Crippen molar-refractivity contribution >= 4 is 0 Å². The minimum Gasteiger partial charge on any atom is -0.338 e. The monoisotopic (exact) mass is 249 g/mol. The van der Waals surface area contributed by atoms with E-state index in [4.69, 9.17) is 10.3 Å². The van der Waals surface area contributed by atoms with Crippen LogP contribution in [0.1, 0.15) is 75.5 Å². The first-order valence-electron chi connectivity index (χ1n) is 7.37. The van der Waals surface area contributed by atoms with Gasteiger partial charge in [-0.1, -0.05) is 31.3 Å². The van der Waals surface area contributed by atoms with E-state index in [1.54, 1.807) is 0 Å². The van der Waals surface area contributed by atoms with Gasteiger partial charge in [0.25, 0.3) is 0 Å². The lowest BCUT2D eigenvalue weighted by molar-refractivity contribution is 0.295. The highest BCUT2D eigenvalue weighted by atomic mass is 16.5. The highest BCUT2D eigenvalue weighted by Crippen LogP contribution is 2.40. The van der Waals surface area contributed by atoms with Crippen molar-refractivity contribution in [2.45, 2.75) is 63.8 Å². The first kappa shape index (κ1) is 12.2. The maximum Gasteiger partial charge on any atom is 0.243 e. The zero-order valence-electron chi connectivity index (χ0n) is 11.1. The SMILES string of the molecule is CCC1CCCC(c2noc(C(N)C3CC3)n2)C1. The lowest BCUT2D eigenvalue weighted by Gasteiger charge is -2.26. The smallest absolute Gasteiger partial charge is 0.243 e. The second kappa shape index (κ2) is 5.00. The molecule has 0 aliphatic heterocycles. The highest BCUT2D eigenvalue weighted by molar-refractivity contribution is 5.03. The summed E-state index contributed by atoms with van der Waals surface area (Å²) in [5, 5.41) is 4.17. The number of rotatable bonds is 4. The Bertz CT molecular complexity index is 399. The minimum absolute atomic E-state index is 0.0307. The van der Waals surface area contributed by atoms with Gasteiger partial charge in [-0.15, -0.1) is 0 Å². The molecule has 0 radical (unpaired) electrons. The molecule has 4 nitrogen and oxygen atoms in total. The molecule has 2 aliphatic carbocycles. The van der Waals surface area contributed by atoms with Gasteiger partial charge in [0.1, 0.15) is 0 Å². The molecule has 0 spiro atoms. The fraction of sp³-hybridized carbons (Fsp3) is 0.857. The van der Waals surface area contributed by atoms with Crippen LogP contribution in [-0.2, 0) is 0 Å². The van der Waals surface area contributed by atoms with Gasteiger partial charge in [0.2, 0.25) is 5.89 Å². The molecule has 2 saturated carbocycles. The van der Waals surface area contributed by atoms with Crippen molar-refractivity contribution in [3.05, 3.63) is 11.7 Å². The van der Waals surface area contributed by atoms with E-state index in [1.165, 1.54) is 44.9 Å². The number of hydrogen-bond acceptors (Lipinski definition) is 4. The Balaban J connectivity index is 1.68. The lowest BCUT2D eigenvalue weighted by atomic mass is 9.80. The van der Waals surface area contributed by atoms with Gasteiger partial charge in [0.05, 0.1) is 6.04 Å². The fourth-order valence-electron chi connectivity index (χ4n) is 3.10. The average molecular weight is 249 g/mol. The Labute approximate surface area is 108 Å². The van der Waals surface area contributed by atoms with Crippen molar-refractivity contribution < 1.29 is 4.52 Å². The molecule has 4 heteroatoms. The molecule has 0 amide bonds. The minimum atomic E-state index is -0.0307. The molecule has 3 unspecified atom stereocenters. The van der Waals surface area contributed by atoms with Gasteiger partial charge >= 0.3 is 0 Å². The first-order chi connectivity index (χ1) is 8.78. The van der Waals surface area contributed by atoms with Gasteiger partial charge in [-0.05, 0) is 37.5 Å². The summed E-state index contributed by atoms with van der Waals surface area (Å²) < 4.78 is 5.36. The van der Waals surface area contributed by atoms with Crippen LogP contribution in [0, 0.1) is 11.8 Å². The van der Waals surface area contributed by atoms with E-state index in [9.17, 15) is 0 Å². The predicted octanol–water partition coefficient (Wildman–Crippen LogP) is 3.16. The zero-order valence-corrected chi connectivity index (χ0v) is 11.1. The molecule has 1 aromatic heterocycles. The summed E-state index contributed by atoms with van der Waals surface area (Å²) in [6.07, 6.45) is 8.76. The quantitative estimate of drug-likeness (QED) is 0.890. The third-order valence-electron chi connectivity index (χ3n) is 4.60. The van der Waals surface area contributed by atoms with Gasteiger partial charge < -0.3 is 10.3 Å². The Hall–Kier alpha value is -0.900. The topological polar surface area (TPSA) is 64.9 Å². The summed E-state index contributed by atoms with van der Waals surface area (Å²) in [4.78, 5) is 4.56. The van der Waals surface area contributed by atoms with Gasteiger partial charge in [-0.3, -0.25) is 0 Å². The molecule has 1 aromatic rings. The predicted molar refractivity (Wildman–Crippen MR) is 68.9 cm³/mol. The molecule has 0 bridgehead atoms. The van der Waals surface area contributed by atoms with E-state index in [0.29, 0.717) is 17.7 Å². The number of aromatic nitrogens is 2. The summed E-state index contributed by atoms with van der Waals surface area (Å²) in [6.45, 7) is 2.28. The number of nitrogens with two attached hydrogens (primary N) is 1. The van der Waals surface area contributed by atoms with Crippen molar-refractivity contribution in [3.8, 4) is 0 Å². The average Bonchev–Trinajstić information content (AvgIpc) is 3.15. The maximum atomic E-state index is 6.10. The highest BCUT2D eigenvalue weighted by Gasteiger charge is 2.34. The standard InChI is InChI=1S/C14H23N3O/c1-2-9-4-3-5-11(8-9)13-16-14(18-17-13)12(15)10-6-7-10/h9-12H,2-8,15H2,1H3. The zero-order chi connectivity index (χ0) is 12.5. The molecule has 2 aliphatic rings. The van der Waals surface area contributed by atoms with Crippen molar-refractivity contribution in [2.24, 2.45) is 17.6 Å². The van der Waals surface area contributed by atoms with E-state index in [1.807, 2.05) is 0 Å². The molecule has 3 rings (SSSR count). The van der Waals surface area contributed by atoms with Gasteiger partial charge in [0, 0.05) is 5.92 Å². The van der Waals surface area contributed by atoms with Crippen LogP contribution in [0.4, 0.5) is 0 Å². The molecule has 2 N–H and O–H groups in total. The molecular formula is C14H23N3O. The van der Waals surface area contributed by atoms with Crippen molar-refractivity contribution in [3.63, 3.8) is 0 Å². The van der Waals surface area contributed by atoms with E-state index in [0.717, 1.165) is 11.7 Å². The van der Waals surface area contributed by atoms with Gasteiger partial charge in [-0.25, -0.2) is 0 Å². The molecular weight excluding hydrogens is 226 g/mol. The van der Waals surface area contributed by atoms with Gasteiger partial charge in [-0.2, -0.15) is 4.98 Å². The van der Waals surface area contributed by atoms with E-state index >= 15 is 0 Å². The second-order valence-electron chi connectivity index (χ2n) is 5.99. The first-order valence-corrected chi connectivity index (χ1v) is 7.37.